The summed E-state index contributed by atoms with van der Waals surface area (Å²) in [6.07, 6.45) is 1.47. The number of hydrogen-bond acceptors (Lipinski definition) is 3. The number of nitrogen functional groups attached to an aromatic ring is 1. The normalized spacial score (nSPS) is 10.1. The molecule has 0 unspecified atom stereocenters. The quantitative estimate of drug-likeness (QED) is 0.919. The third-order valence-corrected chi connectivity index (χ3v) is 2.52. The van der Waals surface area contributed by atoms with Crippen molar-refractivity contribution >= 4 is 21.6 Å². The molecule has 0 spiro atoms. The van der Waals surface area contributed by atoms with E-state index >= 15 is 0 Å². The Morgan fingerprint density at radius 2 is 2.06 bits per heavy atom. The SMILES string of the molecule is Nc1ccc(Oc2cc(F)ccc2Br)nc1. The molecule has 0 aliphatic rings. The van der Waals surface area contributed by atoms with Crippen molar-refractivity contribution in [1.29, 1.82) is 0 Å². The van der Waals surface area contributed by atoms with E-state index in [0.29, 0.717) is 21.8 Å². The lowest BCUT2D eigenvalue weighted by atomic mass is 10.3. The minimum Gasteiger partial charge on any atom is -0.438 e. The van der Waals surface area contributed by atoms with Crippen molar-refractivity contribution in [3.05, 3.63) is 46.8 Å². The van der Waals surface area contributed by atoms with Crippen LogP contribution in [0.5, 0.6) is 11.6 Å². The highest BCUT2D eigenvalue weighted by molar-refractivity contribution is 9.10. The smallest absolute Gasteiger partial charge is 0.219 e. The third-order valence-electron chi connectivity index (χ3n) is 1.87. The monoisotopic (exact) mass is 282 g/mol. The molecule has 1 aromatic carbocycles. The molecule has 0 amide bonds. The van der Waals surface area contributed by atoms with Gasteiger partial charge in [-0.3, -0.25) is 0 Å². The summed E-state index contributed by atoms with van der Waals surface area (Å²) in [6, 6.07) is 7.47. The van der Waals surface area contributed by atoms with Gasteiger partial charge in [-0.1, -0.05) is 0 Å². The van der Waals surface area contributed by atoms with E-state index in [1.807, 2.05) is 0 Å². The Morgan fingerprint density at radius 1 is 1.25 bits per heavy atom. The number of nitrogens with zero attached hydrogens (tertiary/aromatic N) is 1. The Bertz CT molecular complexity index is 502. The first-order valence-corrected chi connectivity index (χ1v) is 5.29. The van der Waals surface area contributed by atoms with E-state index < -0.39 is 0 Å². The maximum Gasteiger partial charge on any atom is 0.219 e. The van der Waals surface area contributed by atoms with E-state index in [2.05, 4.69) is 20.9 Å². The number of anilines is 1. The number of pyridine rings is 1. The zero-order valence-corrected chi connectivity index (χ0v) is 9.74. The fourth-order valence-electron chi connectivity index (χ4n) is 1.12. The Kier molecular flexibility index (Phi) is 3.05. The predicted octanol–water partition coefficient (Wildman–Crippen LogP) is 3.36. The molecule has 0 fully saturated rings. The molecule has 1 heterocycles. The van der Waals surface area contributed by atoms with Crippen LogP contribution in [0.15, 0.2) is 41.0 Å². The second kappa shape index (κ2) is 4.49. The first-order chi connectivity index (χ1) is 7.65. The molecular formula is C11H8BrFN2O. The van der Waals surface area contributed by atoms with Gasteiger partial charge in [-0.25, -0.2) is 9.37 Å². The number of aromatic nitrogens is 1. The summed E-state index contributed by atoms with van der Waals surface area (Å²) in [5, 5.41) is 0. The third kappa shape index (κ3) is 2.49. The van der Waals surface area contributed by atoms with E-state index in [4.69, 9.17) is 10.5 Å². The molecule has 0 saturated carbocycles. The number of rotatable bonds is 2. The summed E-state index contributed by atoms with van der Waals surface area (Å²) in [5.74, 6) is 0.367. The predicted molar refractivity (Wildman–Crippen MR) is 62.8 cm³/mol. The first-order valence-electron chi connectivity index (χ1n) is 4.49. The van der Waals surface area contributed by atoms with Crippen molar-refractivity contribution in [1.82, 2.24) is 4.98 Å². The second-order valence-electron chi connectivity index (χ2n) is 3.11. The van der Waals surface area contributed by atoms with Gasteiger partial charge >= 0.3 is 0 Å². The van der Waals surface area contributed by atoms with Crippen LogP contribution in [-0.4, -0.2) is 4.98 Å². The maximum atomic E-state index is 13.0. The number of benzene rings is 1. The van der Waals surface area contributed by atoms with Gasteiger partial charge in [0.05, 0.1) is 16.4 Å². The Labute approximate surface area is 100 Å². The topological polar surface area (TPSA) is 48.1 Å². The van der Waals surface area contributed by atoms with Gasteiger partial charge < -0.3 is 10.5 Å². The highest BCUT2D eigenvalue weighted by atomic mass is 79.9. The number of hydrogen-bond donors (Lipinski definition) is 1. The summed E-state index contributed by atoms with van der Waals surface area (Å²) in [6.45, 7) is 0. The molecule has 3 nitrogen and oxygen atoms in total. The molecule has 0 aliphatic heterocycles. The van der Waals surface area contributed by atoms with Gasteiger partial charge in [0.2, 0.25) is 5.88 Å². The highest BCUT2D eigenvalue weighted by Gasteiger charge is 2.05. The largest absolute Gasteiger partial charge is 0.438 e. The van der Waals surface area contributed by atoms with E-state index in [1.54, 1.807) is 18.2 Å². The van der Waals surface area contributed by atoms with E-state index in [1.165, 1.54) is 18.3 Å². The molecule has 82 valence electrons. The lowest BCUT2D eigenvalue weighted by Gasteiger charge is -2.06. The molecule has 0 radical (unpaired) electrons. The molecule has 2 N–H and O–H groups in total. The lowest BCUT2D eigenvalue weighted by Crippen LogP contribution is -1.91. The zero-order chi connectivity index (χ0) is 11.5. The van der Waals surface area contributed by atoms with Crippen molar-refractivity contribution < 1.29 is 9.13 Å². The van der Waals surface area contributed by atoms with Crippen LogP contribution in [0, 0.1) is 5.82 Å². The van der Waals surface area contributed by atoms with Crippen LogP contribution in [0.3, 0.4) is 0 Å². The van der Waals surface area contributed by atoms with Gasteiger partial charge in [-0.2, -0.15) is 0 Å². The van der Waals surface area contributed by atoms with Gasteiger partial charge in [-0.05, 0) is 34.1 Å². The summed E-state index contributed by atoms with van der Waals surface area (Å²) in [4.78, 5) is 3.95. The van der Waals surface area contributed by atoms with Crippen LogP contribution in [-0.2, 0) is 0 Å². The van der Waals surface area contributed by atoms with Gasteiger partial charge in [0.15, 0.2) is 0 Å². The molecule has 16 heavy (non-hydrogen) atoms. The molecule has 0 atom stereocenters. The fourth-order valence-corrected chi connectivity index (χ4v) is 1.45. The molecule has 0 aliphatic carbocycles. The molecular weight excluding hydrogens is 275 g/mol. The van der Waals surface area contributed by atoms with Gasteiger partial charge in [0, 0.05) is 12.1 Å². The summed E-state index contributed by atoms with van der Waals surface area (Å²) >= 11 is 3.26. The van der Waals surface area contributed by atoms with E-state index in [0.717, 1.165) is 0 Å². The van der Waals surface area contributed by atoms with Crippen LogP contribution in [0.25, 0.3) is 0 Å². The van der Waals surface area contributed by atoms with E-state index in [-0.39, 0.29) is 5.82 Å². The Balaban J connectivity index is 2.26. The molecule has 2 rings (SSSR count). The summed E-state index contributed by atoms with van der Waals surface area (Å²) in [5.41, 5.74) is 6.03. The Hall–Kier alpha value is -1.62. The molecule has 1 aromatic heterocycles. The van der Waals surface area contributed by atoms with Crippen LogP contribution in [0.2, 0.25) is 0 Å². The number of halogens is 2. The van der Waals surface area contributed by atoms with Crippen molar-refractivity contribution in [2.75, 3.05) is 5.73 Å². The second-order valence-corrected chi connectivity index (χ2v) is 3.96. The van der Waals surface area contributed by atoms with Crippen LogP contribution >= 0.6 is 15.9 Å². The summed E-state index contributed by atoms with van der Waals surface area (Å²) < 4.78 is 19.0. The van der Waals surface area contributed by atoms with Gasteiger partial charge in [0.25, 0.3) is 0 Å². The minimum atomic E-state index is -0.367. The molecule has 0 saturated heterocycles. The van der Waals surface area contributed by atoms with Crippen LogP contribution in [0.4, 0.5) is 10.1 Å². The average molecular weight is 283 g/mol. The maximum absolute atomic E-state index is 13.0. The van der Waals surface area contributed by atoms with Crippen molar-refractivity contribution in [3.8, 4) is 11.6 Å². The number of ether oxygens (including phenoxy) is 1. The van der Waals surface area contributed by atoms with Crippen molar-refractivity contribution in [2.45, 2.75) is 0 Å². The number of nitrogens with two attached hydrogens (primary N) is 1. The standard InChI is InChI=1S/C11H8BrFN2O/c12-9-3-1-7(13)5-10(9)16-11-4-2-8(14)6-15-11/h1-6H,14H2. The van der Waals surface area contributed by atoms with Crippen molar-refractivity contribution in [2.24, 2.45) is 0 Å². The molecule has 5 heteroatoms. The van der Waals surface area contributed by atoms with E-state index in [9.17, 15) is 4.39 Å². The first kappa shape index (κ1) is 10.9. The highest BCUT2D eigenvalue weighted by Crippen LogP contribution is 2.29. The summed E-state index contributed by atoms with van der Waals surface area (Å²) in [7, 11) is 0. The van der Waals surface area contributed by atoms with Crippen LogP contribution < -0.4 is 10.5 Å². The lowest BCUT2D eigenvalue weighted by molar-refractivity contribution is 0.455. The molecule has 2 aromatic rings. The Morgan fingerprint density at radius 3 is 2.75 bits per heavy atom. The van der Waals surface area contributed by atoms with Crippen molar-refractivity contribution in [3.63, 3.8) is 0 Å². The molecule has 0 bridgehead atoms. The van der Waals surface area contributed by atoms with Gasteiger partial charge in [-0.15, -0.1) is 0 Å². The minimum absolute atomic E-state index is 0.362. The van der Waals surface area contributed by atoms with Gasteiger partial charge in [0.1, 0.15) is 11.6 Å². The zero-order valence-electron chi connectivity index (χ0n) is 8.15. The average Bonchev–Trinajstić information content (AvgIpc) is 2.27. The van der Waals surface area contributed by atoms with Crippen LogP contribution in [0.1, 0.15) is 0 Å². The fraction of sp³-hybridized carbons (Fsp3) is 0.